The highest BCUT2D eigenvalue weighted by atomic mass is 32.2. The number of hydrogen-bond acceptors (Lipinski definition) is 5. The zero-order chi connectivity index (χ0) is 19.2. The van der Waals surface area contributed by atoms with Crippen LogP contribution in [0.1, 0.15) is 23.6 Å². The van der Waals surface area contributed by atoms with Crippen molar-refractivity contribution in [1.82, 2.24) is 25.1 Å². The first-order valence-electron chi connectivity index (χ1n) is 8.89. The molecule has 0 saturated carbocycles. The first kappa shape index (κ1) is 19.1. The zero-order valence-electron chi connectivity index (χ0n) is 15.8. The predicted molar refractivity (Wildman–Crippen MR) is 107 cm³/mol. The van der Waals surface area contributed by atoms with E-state index in [0.717, 1.165) is 16.8 Å². The first-order valence-corrected chi connectivity index (χ1v) is 9.87. The molecule has 7 heteroatoms. The van der Waals surface area contributed by atoms with E-state index in [1.165, 1.54) is 17.3 Å². The summed E-state index contributed by atoms with van der Waals surface area (Å²) in [4.78, 5) is 14.5. The molecule has 0 aliphatic carbocycles. The Hall–Kier alpha value is -2.67. The summed E-state index contributed by atoms with van der Waals surface area (Å²) in [6.45, 7) is 7.35. The van der Waals surface area contributed by atoms with Crippen LogP contribution in [0.2, 0.25) is 0 Å². The molecule has 0 saturated heterocycles. The second-order valence-electron chi connectivity index (χ2n) is 6.35. The number of carbonyl (C=O) groups excluding carboxylic acids is 1. The molecule has 0 aliphatic rings. The minimum atomic E-state index is 0.0709. The van der Waals surface area contributed by atoms with Gasteiger partial charge in [0.2, 0.25) is 11.1 Å². The number of aromatic nitrogens is 4. The smallest absolute Gasteiger partial charge is 0.233 e. The Morgan fingerprint density at radius 2 is 1.93 bits per heavy atom. The van der Waals surface area contributed by atoms with Gasteiger partial charge in [0, 0.05) is 13.1 Å². The molecule has 140 valence electrons. The zero-order valence-corrected chi connectivity index (χ0v) is 16.6. The van der Waals surface area contributed by atoms with E-state index in [1.54, 1.807) is 4.68 Å². The molecule has 0 aliphatic heterocycles. The van der Waals surface area contributed by atoms with Gasteiger partial charge in [0.1, 0.15) is 0 Å². The molecule has 0 bridgehead atoms. The fourth-order valence-corrected chi connectivity index (χ4v) is 3.65. The van der Waals surface area contributed by atoms with Crippen LogP contribution in [0.5, 0.6) is 0 Å². The molecular formula is C20H23N5OS. The van der Waals surface area contributed by atoms with Crippen LogP contribution < -0.4 is 0 Å². The molecule has 0 fully saturated rings. The Balaban J connectivity index is 1.68. The van der Waals surface area contributed by atoms with Crippen molar-refractivity contribution in [3.8, 4) is 5.69 Å². The van der Waals surface area contributed by atoms with Gasteiger partial charge in [-0.3, -0.25) is 4.79 Å². The molecule has 0 atom stereocenters. The van der Waals surface area contributed by atoms with Crippen LogP contribution in [0, 0.1) is 13.8 Å². The van der Waals surface area contributed by atoms with E-state index in [4.69, 9.17) is 0 Å². The summed E-state index contributed by atoms with van der Waals surface area (Å²) in [7, 11) is 0. The monoisotopic (exact) mass is 381 g/mol. The van der Waals surface area contributed by atoms with Crippen molar-refractivity contribution in [2.75, 3.05) is 12.3 Å². The van der Waals surface area contributed by atoms with E-state index in [0.29, 0.717) is 24.0 Å². The lowest BCUT2D eigenvalue weighted by atomic mass is 10.1. The highest BCUT2D eigenvalue weighted by Crippen LogP contribution is 2.22. The van der Waals surface area contributed by atoms with E-state index in [-0.39, 0.29) is 5.91 Å². The van der Waals surface area contributed by atoms with Gasteiger partial charge in [-0.2, -0.15) is 4.68 Å². The lowest BCUT2D eigenvalue weighted by molar-refractivity contribution is -0.128. The first-order chi connectivity index (χ1) is 13.1. The number of tetrazole rings is 1. The average molecular weight is 382 g/mol. The van der Waals surface area contributed by atoms with Gasteiger partial charge in [-0.25, -0.2) is 0 Å². The summed E-state index contributed by atoms with van der Waals surface area (Å²) in [5, 5.41) is 12.6. The lowest BCUT2D eigenvalue weighted by Gasteiger charge is -2.20. The van der Waals surface area contributed by atoms with Crippen molar-refractivity contribution in [3.05, 3.63) is 65.2 Å². The Kier molecular flexibility index (Phi) is 6.24. The summed E-state index contributed by atoms with van der Waals surface area (Å²) in [6.07, 6.45) is 0. The molecule has 27 heavy (non-hydrogen) atoms. The molecule has 1 aromatic heterocycles. The maximum Gasteiger partial charge on any atom is 0.233 e. The number of aryl methyl sites for hydroxylation is 2. The van der Waals surface area contributed by atoms with Gasteiger partial charge in [-0.15, -0.1) is 5.10 Å². The number of benzene rings is 2. The Morgan fingerprint density at radius 1 is 1.15 bits per heavy atom. The van der Waals surface area contributed by atoms with E-state index in [2.05, 4.69) is 28.5 Å². The van der Waals surface area contributed by atoms with Gasteiger partial charge in [-0.05, 0) is 48.4 Å². The standard InChI is InChI=1S/C20H23N5OS/c1-4-24(13-17-8-6-5-7-9-17)19(26)14-27-20-21-22-23-25(20)18-11-10-15(2)12-16(18)3/h5-12H,4,13-14H2,1-3H3. The SMILES string of the molecule is CCN(Cc1ccccc1)C(=O)CSc1nnnn1-c1ccc(C)cc1C. The minimum absolute atomic E-state index is 0.0709. The number of nitrogens with zero attached hydrogens (tertiary/aromatic N) is 5. The molecule has 0 unspecified atom stereocenters. The summed E-state index contributed by atoms with van der Waals surface area (Å²) < 4.78 is 1.69. The van der Waals surface area contributed by atoms with Gasteiger partial charge < -0.3 is 4.90 Å². The topological polar surface area (TPSA) is 63.9 Å². The molecule has 3 rings (SSSR count). The second-order valence-corrected chi connectivity index (χ2v) is 7.29. The predicted octanol–water partition coefficient (Wildman–Crippen LogP) is 3.42. The largest absolute Gasteiger partial charge is 0.338 e. The van der Waals surface area contributed by atoms with Crippen molar-refractivity contribution in [2.24, 2.45) is 0 Å². The fraction of sp³-hybridized carbons (Fsp3) is 0.300. The van der Waals surface area contributed by atoms with E-state index in [1.807, 2.05) is 61.2 Å². The van der Waals surface area contributed by atoms with Crippen molar-refractivity contribution in [3.63, 3.8) is 0 Å². The van der Waals surface area contributed by atoms with Crippen LogP contribution in [0.15, 0.2) is 53.7 Å². The number of thioether (sulfide) groups is 1. The van der Waals surface area contributed by atoms with Gasteiger partial charge in [0.05, 0.1) is 11.4 Å². The Morgan fingerprint density at radius 3 is 2.63 bits per heavy atom. The molecule has 2 aromatic carbocycles. The number of rotatable bonds is 7. The third-order valence-corrected chi connectivity index (χ3v) is 5.20. The molecular weight excluding hydrogens is 358 g/mol. The van der Waals surface area contributed by atoms with Crippen molar-refractivity contribution in [1.29, 1.82) is 0 Å². The normalized spacial score (nSPS) is 10.8. The number of hydrogen-bond donors (Lipinski definition) is 0. The summed E-state index contributed by atoms with van der Waals surface area (Å²) in [5.41, 5.74) is 4.33. The highest BCUT2D eigenvalue weighted by molar-refractivity contribution is 7.99. The van der Waals surface area contributed by atoms with Crippen LogP contribution in [0.4, 0.5) is 0 Å². The van der Waals surface area contributed by atoms with Crippen LogP contribution in [0.3, 0.4) is 0 Å². The van der Waals surface area contributed by atoms with Crippen molar-refractivity contribution >= 4 is 17.7 Å². The van der Waals surface area contributed by atoms with Crippen LogP contribution in [0.25, 0.3) is 5.69 Å². The number of carbonyl (C=O) groups is 1. The van der Waals surface area contributed by atoms with Gasteiger partial charge in [-0.1, -0.05) is 59.8 Å². The second kappa shape index (κ2) is 8.81. The molecule has 6 nitrogen and oxygen atoms in total. The molecule has 3 aromatic rings. The maximum atomic E-state index is 12.7. The fourth-order valence-electron chi connectivity index (χ4n) is 2.86. The van der Waals surface area contributed by atoms with Gasteiger partial charge >= 0.3 is 0 Å². The van der Waals surface area contributed by atoms with Crippen LogP contribution >= 0.6 is 11.8 Å². The minimum Gasteiger partial charge on any atom is -0.338 e. The van der Waals surface area contributed by atoms with Gasteiger partial charge in [0.15, 0.2) is 0 Å². The maximum absolute atomic E-state index is 12.7. The molecule has 0 N–H and O–H groups in total. The molecule has 1 amide bonds. The highest BCUT2D eigenvalue weighted by Gasteiger charge is 2.16. The van der Waals surface area contributed by atoms with Crippen LogP contribution in [-0.2, 0) is 11.3 Å². The quantitative estimate of drug-likeness (QED) is 0.587. The van der Waals surface area contributed by atoms with Crippen LogP contribution in [-0.4, -0.2) is 43.3 Å². The molecule has 0 radical (unpaired) electrons. The van der Waals surface area contributed by atoms with E-state index < -0.39 is 0 Å². The summed E-state index contributed by atoms with van der Waals surface area (Å²) in [6, 6.07) is 16.1. The third-order valence-electron chi connectivity index (χ3n) is 4.30. The molecule has 0 spiro atoms. The number of amides is 1. The van der Waals surface area contributed by atoms with Gasteiger partial charge in [0.25, 0.3) is 0 Å². The lowest BCUT2D eigenvalue weighted by Crippen LogP contribution is -2.31. The molecule has 1 heterocycles. The summed E-state index contributed by atoms with van der Waals surface area (Å²) >= 11 is 1.36. The Bertz CT molecular complexity index is 910. The Labute approximate surface area is 163 Å². The average Bonchev–Trinajstić information content (AvgIpc) is 3.13. The van der Waals surface area contributed by atoms with Crippen molar-refractivity contribution < 1.29 is 4.79 Å². The van der Waals surface area contributed by atoms with Crippen molar-refractivity contribution in [2.45, 2.75) is 32.5 Å². The third kappa shape index (κ3) is 4.74. The summed E-state index contributed by atoms with van der Waals surface area (Å²) in [5.74, 6) is 0.368. The van der Waals surface area contributed by atoms with E-state index in [9.17, 15) is 4.79 Å². The van der Waals surface area contributed by atoms with E-state index >= 15 is 0 Å².